The molecule has 0 aliphatic carbocycles. The van der Waals surface area contributed by atoms with Crippen LogP contribution >= 0.6 is 22.9 Å². The molecule has 2 rings (SSSR count). The zero-order valence-corrected chi connectivity index (χ0v) is 9.87. The normalized spacial score (nSPS) is 24.0. The standard InChI is InChI=1S/C10H15ClN2S/c1-8-4-13(3-2-12-8)5-9-6-14-7-10(9)11/h6-8,12H,2-5H2,1H3/t8-/m1/s1. The van der Waals surface area contributed by atoms with Gasteiger partial charge in [0.15, 0.2) is 0 Å². The molecule has 2 heterocycles. The lowest BCUT2D eigenvalue weighted by molar-refractivity contribution is 0.200. The van der Waals surface area contributed by atoms with Gasteiger partial charge in [0.25, 0.3) is 0 Å². The topological polar surface area (TPSA) is 15.3 Å². The van der Waals surface area contributed by atoms with Gasteiger partial charge >= 0.3 is 0 Å². The average Bonchev–Trinajstić information content (AvgIpc) is 2.52. The Morgan fingerprint density at radius 3 is 3.14 bits per heavy atom. The minimum Gasteiger partial charge on any atom is -0.312 e. The van der Waals surface area contributed by atoms with E-state index < -0.39 is 0 Å². The molecule has 1 N–H and O–H groups in total. The molecular weight excluding hydrogens is 216 g/mol. The summed E-state index contributed by atoms with van der Waals surface area (Å²) in [6.07, 6.45) is 0. The molecule has 4 heteroatoms. The third kappa shape index (κ3) is 2.48. The molecule has 0 amide bonds. The van der Waals surface area contributed by atoms with E-state index in [1.54, 1.807) is 11.3 Å². The molecular formula is C10H15ClN2S. The van der Waals surface area contributed by atoms with Crippen molar-refractivity contribution in [1.82, 2.24) is 10.2 Å². The van der Waals surface area contributed by atoms with Crippen LogP contribution in [0.15, 0.2) is 10.8 Å². The monoisotopic (exact) mass is 230 g/mol. The summed E-state index contributed by atoms with van der Waals surface area (Å²) in [6.45, 7) is 6.54. The van der Waals surface area contributed by atoms with Gasteiger partial charge in [-0.3, -0.25) is 4.90 Å². The minimum atomic E-state index is 0.598. The van der Waals surface area contributed by atoms with Crippen LogP contribution in [-0.4, -0.2) is 30.6 Å². The van der Waals surface area contributed by atoms with Crippen LogP contribution in [0.5, 0.6) is 0 Å². The number of piperazine rings is 1. The number of nitrogens with one attached hydrogen (secondary N) is 1. The van der Waals surface area contributed by atoms with Crippen molar-refractivity contribution in [2.75, 3.05) is 19.6 Å². The Kier molecular flexibility index (Phi) is 3.44. The Balaban J connectivity index is 1.94. The van der Waals surface area contributed by atoms with E-state index in [0.29, 0.717) is 6.04 Å². The second kappa shape index (κ2) is 4.62. The van der Waals surface area contributed by atoms with Crippen molar-refractivity contribution in [3.63, 3.8) is 0 Å². The van der Waals surface area contributed by atoms with Crippen LogP contribution < -0.4 is 5.32 Å². The fraction of sp³-hybridized carbons (Fsp3) is 0.600. The van der Waals surface area contributed by atoms with Gasteiger partial charge in [0.05, 0.1) is 5.02 Å². The highest BCUT2D eigenvalue weighted by Crippen LogP contribution is 2.22. The Morgan fingerprint density at radius 2 is 2.50 bits per heavy atom. The number of thiophene rings is 1. The first kappa shape index (κ1) is 10.4. The smallest absolute Gasteiger partial charge is 0.0557 e. The molecule has 0 aromatic carbocycles. The Bertz CT molecular complexity index is 300. The summed E-state index contributed by atoms with van der Waals surface area (Å²) in [5.74, 6) is 0. The van der Waals surface area contributed by atoms with Crippen molar-refractivity contribution in [2.45, 2.75) is 19.5 Å². The predicted molar refractivity (Wildman–Crippen MR) is 62.1 cm³/mol. The van der Waals surface area contributed by atoms with Gasteiger partial charge in [0.2, 0.25) is 0 Å². The van der Waals surface area contributed by atoms with Crippen molar-refractivity contribution in [1.29, 1.82) is 0 Å². The number of hydrogen-bond donors (Lipinski definition) is 1. The van der Waals surface area contributed by atoms with Crippen LogP contribution in [0.2, 0.25) is 5.02 Å². The summed E-state index contributed by atoms with van der Waals surface area (Å²) in [5, 5.41) is 8.50. The molecule has 1 saturated heterocycles. The lowest BCUT2D eigenvalue weighted by atomic mass is 10.2. The molecule has 0 unspecified atom stereocenters. The third-order valence-corrected chi connectivity index (χ3v) is 3.81. The van der Waals surface area contributed by atoms with Gasteiger partial charge in [-0.2, -0.15) is 11.3 Å². The molecule has 0 saturated carbocycles. The van der Waals surface area contributed by atoms with E-state index in [0.717, 1.165) is 31.2 Å². The zero-order valence-electron chi connectivity index (χ0n) is 8.29. The fourth-order valence-corrected chi connectivity index (χ4v) is 2.86. The largest absolute Gasteiger partial charge is 0.312 e. The van der Waals surface area contributed by atoms with Gasteiger partial charge in [0, 0.05) is 37.6 Å². The van der Waals surface area contributed by atoms with Gasteiger partial charge in [-0.1, -0.05) is 11.6 Å². The summed E-state index contributed by atoms with van der Waals surface area (Å²) in [7, 11) is 0. The second-order valence-corrected chi connectivity index (χ2v) is 4.99. The number of nitrogens with zero attached hydrogens (tertiary/aromatic N) is 1. The first-order valence-corrected chi connectivity index (χ1v) is 6.24. The van der Waals surface area contributed by atoms with Gasteiger partial charge in [-0.15, -0.1) is 0 Å². The number of hydrogen-bond acceptors (Lipinski definition) is 3. The first-order chi connectivity index (χ1) is 6.75. The van der Waals surface area contributed by atoms with Crippen LogP contribution in [0.4, 0.5) is 0 Å². The van der Waals surface area contributed by atoms with E-state index in [-0.39, 0.29) is 0 Å². The predicted octanol–water partition coefficient (Wildman–Crippen LogP) is 2.20. The van der Waals surface area contributed by atoms with Crippen molar-refractivity contribution in [2.24, 2.45) is 0 Å². The van der Waals surface area contributed by atoms with E-state index in [2.05, 4.69) is 22.5 Å². The quantitative estimate of drug-likeness (QED) is 0.838. The van der Waals surface area contributed by atoms with Crippen molar-refractivity contribution >= 4 is 22.9 Å². The molecule has 0 radical (unpaired) electrons. The van der Waals surface area contributed by atoms with E-state index >= 15 is 0 Å². The maximum absolute atomic E-state index is 6.06. The van der Waals surface area contributed by atoms with Crippen molar-refractivity contribution in [3.8, 4) is 0 Å². The average molecular weight is 231 g/mol. The van der Waals surface area contributed by atoms with Crippen LogP contribution in [0.25, 0.3) is 0 Å². The first-order valence-electron chi connectivity index (χ1n) is 4.92. The SMILES string of the molecule is C[C@@H]1CN(Cc2cscc2Cl)CCN1. The summed E-state index contributed by atoms with van der Waals surface area (Å²) < 4.78 is 0. The number of halogens is 1. The molecule has 0 spiro atoms. The summed E-state index contributed by atoms with van der Waals surface area (Å²) in [4.78, 5) is 2.45. The zero-order chi connectivity index (χ0) is 9.97. The van der Waals surface area contributed by atoms with Crippen LogP contribution in [0.1, 0.15) is 12.5 Å². The lowest BCUT2D eigenvalue weighted by Gasteiger charge is -2.31. The van der Waals surface area contributed by atoms with E-state index in [1.807, 2.05) is 5.38 Å². The van der Waals surface area contributed by atoms with Gasteiger partial charge in [-0.05, 0) is 17.9 Å². The molecule has 1 atom stereocenters. The maximum Gasteiger partial charge on any atom is 0.0557 e. The maximum atomic E-state index is 6.06. The third-order valence-electron chi connectivity index (χ3n) is 2.54. The van der Waals surface area contributed by atoms with Crippen LogP contribution in [0, 0.1) is 0 Å². The van der Waals surface area contributed by atoms with E-state index in [9.17, 15) is 0 Å². The van der Waals surface area contributed by atoms with Gasteiger partial charge in [0.1, 0.15) is 0 Å². The molecule has 1 aliphatic rings. The second-order valence-electron chi connectivity index (χ2n) is 3.84. The fourth-order valence-electron chi connectivity index (χ4n) is 1.82. The molecule has 1 fully saturated rings. The highest BCUT2D eigenvalue weighted by molar-refractivity contribution is 7.08. The van der Waals surface area contributed by atoms with E-state index in [4.69, 9.17) is 11.6 Å². The summed E-state index contributed by atoms with van der Waals surface area (Å²) >= 11 is 7.74. The highest BCUT2D eigenvalue weighted by atomic mass is 35.5. The van der Waals surface area contributed by atoms with Crippen LogP contribution in [-0.2, 0) is 6.54 Å². The summed E-state index contributed by atoms with van der Waals surface area (Å²) in [5.41, 5.74) is 1.27. The molecule has 2 nitrogen and oxygen atoms in total. The van der Waals surface area contributed by atoms with Gasteiger partial charge < -0.3 is 5.32 Å². The van der Waals surface area contributed by atoms with Gasteiger partial charge in [-0.25, -0.2) is 0 Å². The lowest BCUT2D eigenvalue weighted by Crippen LogP contribution is -2.48. The molecule has 1 aromatic heterocycles. The molecule has 1 aromatic rings. The van der Waals surface area contributed by atoms with E-state index in [1.165, 1.54) is 5.56 Å². The Hall–Kier alpha value is -0.0900. The molecule has 0 bridgehead atoms. The molecule has 14 heavy (non-hydrogen) atoms. The minimum absolute atomic E-state index is 0.598. The van der Waals surface area contributed by atoms with Crippen LogP contribution in [0.3, 0.4) is 0 Å². The van der Waals surface area contributed by atoms with Crippen molar-refractivity contribution < 1.29 is 0 Å². The number of rotatable bonds is 2. The Morgan fingerprint density at radius 1 is 1.64 bits per heavy atom. The Labute approximate surface area is 93.9 Å². The highest BCUT2D eigenvalue weighted by Gasteiger charge is 2.16. The molecule has 1 aliphatic heterocycles. The summed E-state index contributed by atoms with van der Waals surface area (Å²) in [6, 6.07) is 0.598. The molecule has 78 valence electrons. The van der Waals surface area contributed by atoms with Crippen molar-refractivity contribution in [3.05, 3.63) is 21.3 Å².